The summed E-state index contributed by atoms with van der Waals surface area (Å²) in [5.41, 5.74) is 5.85. The molecule has 2 aliphatic rings. The second kappa shape index (κ2) is 8.60. The summed E-state index contributed by atoms with van der Waals surface area (Å²) in [6.45, 7) is 6.75. The number of carbonyl (C=O) groups excluding carboxylic acids is 3. The van der Waals surface area contributed by atoms with Crippen molar-refractivity contribution < 1.29 is 28.6 Å². The van der Waals surface area contributed by atoms with E-state index in [-0.39, 0.29) is 36.0 Å². The van der Waals surface area contributed by atoms with Gasteiger partial charge in [-0.2, -0.15) is 0 Å². The Balaban J connectivity index is 0.00000338. The zero-order valence-electron chi connectivity index (χ0n) is 15.4. The van der Waals surface area contributed by atoms with E-state index in [2.05, 4.69) is 0 Å². The van der Waals surface area contributed by atoms with Crippen molar-refractivity contribution in [2.24, 2.45) is 11.1 Å². The number of esters is 2. The van der Waals surface area contributed by atoms with Crippen LogP contribution in [0.1, 0.15) is 27.7 Å². The molecule has 0 bridgehead atoms. The van der Waals surface area contributed by atoms with Gasteiger partial charge in [-0.3, -0.25) is 14.5 Å². The molecule has 2 unspecified atom stereocenters. The summed E-state index contributed by atoms with van der Waals surface area (Å²) in [4.78, 5) is 37.9. The standard InChI is InChI=1S/C16H24N2O6S.ClH/c1-8(24-15(21)16(2,3)4)23-14(20)11-9(6-22-5)7-25-13-10(17)12(19)18(11)13;/h8,10,13H,6-7,17H2,1-5H3;1H/t8?,10?,13-;/m0./s1. The minimum absolute atomic E-state index is 0. The van der Waals surface area contributed by atoms with Crippen molar-refractivity contribution in [3.05, 3.63) is 11.3 Å². The molecule has 10 heteroatoms. The molecule has 0 aromatic carbocycles. The Morgan fingerprint density at radius 2 is 1.96 bits per heavy atom. The Kier molecular flexibility index (Phi) is 7.52. The highest BCUT2D eigenvalue weighted by Crippen LogP contribution is 2.39. The number of methoxy groups -OCH3 is 1. The molecular weight excluding hydrogens is 384 g/mol. The SMILES string of the molecule is COCC1=C(C(=O)OC(C)OC(=O)C(C)(C)C)N2C(=O)C(N)[C@@H]2SC1.Cl. The maximum absolute atomic E-state index is 12.6. The van der Waals surface area contributed by atoms with E-state index in [4.69, 9.17) is 19.9 Å². The molecule has 1 amide bonds. The fourth-order valence-electron chi connectivity index (χ4n) is 2.41. The number of hydrogen-bond acceptors (Lipinski definition) is 8. The van der Waals surface area contributed by atoms with E-state index in [1.54, 1.807) is 20.8 Å². The summed E-state index contributed by atoms with van der Waals surface area (Å²) < 4.78 is 15.5. The van der Waals surface area contributed by atoms with Crippen molar-refractivity contribution in [3.63, 3.8) is 0 Å². The topological polar surface area (TPSA) is 108 Å². The number of β-lactam (4-membered cyclic amide) rings is 1. The normalized spacial score (nSPS) is 23.5. The number of thioether (sulfide) groups is 1. The number of fused-ring (bicyclic) bond motifs is 1. The van der Waals surface area contributed by atoms with Gasteiger partial charge in [0.05, 0.1) is 12.0 Å². The first kappa shape index (κ1) is 22.8. The van der Waals surface area contributed by atoms with E-state index in [9.17, 15) is 14.4 Å². The zero-order valence-corrected chi connectivity index (χ0v) is 17.1. The van der Waals surface area contributed by atoms with E-state index in [1.807, 2.05) is 0 Å². The van der Waals surface area contributed by atoms with Crippen LogP contribution in [-0.4, -0.2) is 59.9 Å². The van der Waals surface area contributed by atoms with E-state index in [0.717, 1.165) is 0 Å². The third-order valence-electron chi connectivity index (χ3n) is 3.76. The fraction of sp³-hybridized carbons (Fsp3) is 0.688. The summed E-state index contributed by atoms with van der Waals surface area (Å²) in [7, 11) is 1.50. The zero-order chi connectivity index (χ0) is 18.9. The minimum atomic E-state index is -1.08. The highest BCUT2D eigenvalue weighted by Gasteiger charge is 2.52. The molecule has 3 atom stereocenters. The van der Waals surface area contributed by atoms with Crippen LogP contribution in [0.2, 0.25) is 0 Å². The van der Waals surface area contributed by atoms with Crippen LogP contribution in [0.25, 0.3) is 0 Å². The van der Waals surface area contributed by atoms with Gasteiger partial charge >= 0.3 is 11.9 Å². The highest BCUT2D eigenvalue weighted by molar-refractivity contribution is 8.00. The third kappa shape index (κ3) is 4.51. The van der Waals surface area contributed by atoms with E-state index in [0.29, 0.717) is 11.3 Å². The number of hydrogen-bond donors (Lipinski definition) is 1. The van der Waals surface area contributed by atoms with Crippen LogP contribution in [0.5, 0.6) is 0 Å². The van der Waals surface area contributed by atoms with Crippen LogP contribution < -0.4 is 5.73 Å². The lowest BCUT2D eigenvalue weighted by Crippen LogP contribution is -2.68. The maximum Gasteiger partial charge on any atom is 0.358 e. The summed E-state index contributed by atoms with van der Waals surface area (Å²) in [6.07, 6.45) is -1.08. The van der Waals surface area contributed by atoms with E-state index in [1.165, 1.54) is 30.7 Å². The van der Waals surface area contributed by atoms with Gasteiger partial charge in [0.2, 0.25) is 12.2 Å². The van der Waals surface area contributed by atoms with Gasteiger partial charge in [-0.15, -0.1) is 24.2 Å². The molecule has 0 aromatic rings. The molecule has 0 radical (unpaired) electrons. The number of amides is 1. The average molecular weight is 409 g/mol. The van der Waals surface area contributed by atoms with Gasteiger partial charge in [0, 0.05) is 19.8 Å². The largest absolute Gasteiger partial charge is 0.425 e. The molecule has 26 heavy (non-hydrogen) atoms. The molecule has 2 heterocycles. The maximum atomic E-state index is 12.6. The summed E-state index contributed by atoms with van der Waals surface area (Å²) in [5.74, 6) is -1.04. The number of nitrogens with two attached hydrogens (primary N) is 1. The number of ether oxygens (including phenoxy) is 3. The number of carbonyl (C=O) groups is 3. The Hall–Kier alpha value is -1.29. The predicted octanol–water partition coefficient (Wildman–Crippen LogP) is 1.03. The molecule has 1 fully saturated rings. The van der Waals surface area contributed by atoms with Crippen molar-refractivity contribution in [2.45, 2.75) is 45.4 Å². The van der Waals surface area contributed by atoms with Gasteiger partial charge in [-0.1, -0.05) is 0 Å². The summed E-state index contributed by atoms with van der Waals surface area (Å²) in [5, 5.41) is -0.289. The lowest BCUT2D eigenvalue weighted by atomic mass is 9.97. The lowest BCUT2D eigenvalue weighted by Gasteiger charge is -2.48. The molecule has 0 saturated carbocycles. The molecule has 0 aromatic heterocycles. The van der Waals surface area contributed by atoms with Crippen LogP contribution in [0, 0.1) is 5.41 Å². The van der Waals surface area contributed by atoms with Crippen LogP contribution in [-0.2, 0) is 28.6 Å². The van der Waals surface area contributed by atoms with Gasteiger partial charge in [0.25, 0.3) is 0 Å². The van der Waals surface area contributed by atoms with Crippen molar-refractivity contribution >= 4 is 42.0 Å². The van der Waals surface area contributed by atoms with Crippen LogP contribution in [0.4, 0.5) is 0 Å². The lowest BCUT2D eigenvalue weighted by molar-refractivity contribution is -0.190. The first-order valence-corrected chi connectivity index (χ1v) is 8.96. The van der Waals surface area contributed by atoms with Crippen molar-refractivity contribution in [3.8, 4) is 0 Å². The Morgan fingerprint density at radius 1 is 1.35 bits per heavy atom. The fourth-order valence-corrected chi connectivity index (χ4v) is 3.69. The van der Waals surface area contributed by atoms with Crippen LogP contribution in [0.15, 0.2) is 11.3 Å². The van der Waals surface area contributed by atoms with Gasteiger partial charge in [-0.25, -0.2) is 4.79 Å². The second-order valence-electron chi connectivity index (χ2n) is 6.95. The predicted molar refractivity (Wildman–Crippen MR) is 98.3 cm³/mol. The van der Waals surface area contributed by atoms with Crippen molar-refractivity contribution in [2.75, 3.05) is 19.5 Å². The average Bonchev–Trinajstić information content (AvgIpc) is 2.52. The molecule has 0 aliphatic carbocycles. The van der Waals surface area contributed by atoms with Crippen molar-refractivity contribution in [1.29, 1.82) is 0 Å². The first-order chi connectivity index (χ1) is 11.6. The molecule has 1 saturated heterocycles. The highest BCUT2D eigenvalue weighted by atomic mass is 35.5. The number of rotatable bonds is 5. The van der Waals surface area contributed by atoms with Crippen molar-refractivity contribution in [1.82, 2.24) is 4.90 Å². The van der Waals surface area contributed by atoms with E-state index < -0.39 is 29.7 Å². The number of halogens is 1. The smallest absolute Gasteiger partial charge is 0.358 e. The summed E-state index contributed by atoms with van der Waals surface area (Å²) >= 11 is 1.48. The molecule has 148 valence electrons. The van der Waals surface area contributed by atoms with Crippen LogP contribution >= 0.6 is 24.2 Å². The first-order valence-electron chi connectivity index (χ1n) is 7.91. The van der Waals surface area contributed by atoms with Gasteiger partial charge in [0.15, 0.2) is 0 Å². The van der Waals surface area contributed by atoms with Crippen LogP contribution in [0.3, 0.4) is 0 Å². The molecular formula is C16H25ClN2O6S. The van der Waals surface area contributed by atoms with Gasteiger partial charge in [-0.05, 0) is 26.3 Å². The Morgan fingerprint density at radius 3 is 2.50 bits per heavy atom. The third-order valence-corrected chi connectivity index (χ3v) is 5.12. The number of nitrogens with zero attached hydrogens (tertiary/aromatic N) is 1. The monoisotopic (exact) mass is 408 g/mol. The molecule has 8 nitrogen and oxygen atoms in total. The molecule has 2 N–H and O–H groups in total. The minimum Gasteiger partial charge on any atom is -0.425 e. The van der Waals surface area contributed by atoms with Gasteiger partial charge < -0.3 is 19.9 Å². The molecule has 0 spiro atoms. The Bertz CT molecular complexity index is 618. The van der Waals surface area contributed by atoms with Gasteiger partial charge in [0.1, 0.15) is 17.1 Å². The Labute approximate surface area is 163 Å². The second-order valence-corrected chi connectivity index (χ2v) is 8.05. The summed E-state index contributed by atoms with van der Waals surface area (Å²) in [6, 6.07) is -0.631. The quantitative estimate of drug-likeness (QED) is 0.408. The molecule has 2 rings (SSSR count). The van der Waals surface area contributed by atoms with E-state index >= 15 is 0 Å². The molecule has 2 aliphatic heterocycles.